The number of hydrogen-bond acceptors (Lipinski definition) is 6. The van der Waals surface area contributed by atoms with Gasteiger partial charge in [0, 0.05) is 19.0 Å². The van der Waals surface area contributed by atoms with Crippen LogP contribution in [0.1, 0.15) is 23.5 Å². The highest BCUT2D eigenvalue weighted by atomic mass is 32.1. The Morgan fingerprint density at radius 2 is 2.05 bits per heavy atom. The van der Waals surface area contributed by atoms with Gasteiger partial charge < -0.3 is 20.1 Å². The van der Waals surface area contributed by atoms with Gasteiger partial charge in [-0.3, -0.25) is 4.79 Å². The van der Waals surface area contributed by atoms with Crippen molar-refractivity contribution in [3.05, 3.63) is 4.88 Å². The van der Waals surface area contributed by atoms with Gasteiger partial charge in [0.25, 0.3) is 0 Å². The molecule has 106 valence electrons. The fourth-order valence-electron chi connectivity index (χ4n) is 2.03. The maximum Gasteiger partial charge on any atom is 0.177 e. The summed E-state index contributed by atoms with van der Waals surface area (Å²) in [6.45, 7) is 6.73. The molecule has 0 atom stereocenters. The number of nitrogens with two attached hydrogens (primary N) is 1. The highest BCUT2D eigenvalue weighted by Gasteiger charge is 2.27. The topological polar surface area (TPSA) is 64.8 Å². The quantitative estimate of drug-likeness (QED) is 0.857. The summed E-state index contributed by atoms with van der Waals surface area (Å²) in [5.74, 6) is 0.624. The lowest BCUT2D eigenvalue weighted by atomic mass is 10.1. The Morgan fingerprint density at radius 1 is 1.42 bits per heavy atom. The first-order valence-electron chi connectivity index (χ1n) is 6.39. The largest absolute Gasteiger partial charge is 0.492 e. The fraction of sp³-hybridized carbons (Fsp3) is 0.615. The zero-order valence-electron chi connectivity index (χ0n) is 11.6. The summed E-state index contributed by atoms with van der Waals surface area (Å²) < 4.78 is 10.7. The predicted molar refractivity (Wildman–Crippen MR) is 77.5 cm³/mol. The molecule has 1 aromatic heterocycles. The number of hydrogen-bond donors (Lipinski definition) is 1. The third kappa shape index (κ3) is 2.69. The molecule has 0 saturated carbocycles. The molecule has 1 aliphatic heterocycles. The van der Waals surface area contributed by atoms with Crippen molar-refractivity contribution in [3.8, 4) is 5.75 Å². The standard InChI is InChI=1S/C13H20N2O3S/c1-8(2)10(16)12-9(14)11(17-3)13(19-12)15-4-6-18-7-5-15/h8H,4-7,14H2,1-3H3. The summed E-state index contributed by atoms with van der Waals surface area (Å²) in [5.41, 5.74) is 6.53. The number of carbonyl (C=O) groups is 1. The molecule has 0 radical (unpaired) electrons. The van der Waals surface area contributed by atoms with Gasteiger partial charge >= 0.3 is 0 Å². The molecule has 0 unspecified atom stereocenters. The third-order valence-corrected chi connectivity index (χ3v) is 4.39. The highest BCUT2D eigenvalue weighted by molar-refractivity contribution is 7.19. The Balaban J connectivity index is 2.37. The van der Waals surface area contributed by atoms with Gasteiger partial charge in [-0.15, -0.1) is 11.3 Å². The van der Waals surface area contributed by atoms with Gasteiger partial charge in [-0.25, -0.2) is 0 Å². The predicted octanol–water partition coefficient (Wildman–Crippen LogP) is 2.01. The van der Waals surface area contributed by atoms with Gasteiger partial charge in [-0.05, 0) is 0 Å². The van der Waals surface area contributed by atoms with E-state index in [1.807, 2.05) is 13.8 Å². The Morgan fingerprint density at radius 3 is 2.58 bits per heavy atom. The van der Waals surface area contributed by atoms with Crippen LogP contribution in [0.2, 0.25) is 0 Å². The molecule has 1 aromatic rings. The number of Topliss-reactive ketones (excluding diaryl/α,β-unsaturated/α-hetero) is 1. The average Bonchev–Trinajstić information content (AvgIpc) is 2.75. The number of methoxy groups -OCH3 is 1. The van der Waals surface area contributed by atoms with Crippen LogP contribution in [0.4, 0.5) is 10.7 Å². The van der Waals surface area contributed by atoms with E-state index in [-0.39, 0.29) is 11.7 Å². The smallest absolute Gasteiger partial charge is 0.177 e. The van der Waals surface area contributed by atoms with Gasteiger partial charge in [0.2, 0.25) is 0 Å². The van der Waals surface area contributed by atoms with Crippen molar-refractivity contribution in [3.63, 3.8) is 0 Å². The van der Waals surface area contributed by atoms with Crippen LogP contribution in [-0.2, 0) is 4.74 Å². The van der Waals surface area contributed by atoms with E-state index in [2.05, 4.69) is 4.90 Å². The maximum atomic E-state index is 12.2. The number of nitrogens with zero attached hydrogens (tertiary/aromatic N) is 1. The Kier molecular flexibility index (Phi) is 4.31. The minimum atomic E-state index is -0.0665. The van der Waals surface area contributed by atoms with Crippen molar-refractivity contribution in [2.24, 2.45) is 5.92 Å². The van der Waals surface area contributed by atoms with Gasteiger partial charge in [-0.2, -0.15) is 0 Å². The Labute approximate surface area is 117 Å². The number of anilines is 2. The molecule has 5 nitrogen and oxygen atoms in total. The number of ether oxygens (including phenoxy) is 2. The molecular formula is C13H20N2O3S. The molecule has 1 fully saturated rings. The molecule has 2 heterocycles. The lowest BCUT2D eigenvalue weighted by molar-refractivity contribution is 0.0944. The van der Waals surface area contributed by atoms with Gasteiger partial charge in [0.15, 0.2) is 11.5 Å². The lowest BCUT2D eigenvalue weighted by Crippen LogP contribution is -2.35. The molecule has 1 aliphatic rings. The molecule has 0 aromatic carbocycles. The van der Waals surface area contributed by atoms with Crippen molar-refractivity contribution in [2.45, 2.75) is 13.8 Å². The highest BCUT2D eigenvalue weighted by Crippen LogP contribution is 2.45. The molecular weight excluding hydrogens is 264 g/mol. The summed E-state index contributed by atoms with van der Waals surface area (Å²) in [6, 6.07) is 0. The maximum absolute atomic E-state index is 12.2. The van der Waals surface area contributed by atoms with Crippen molar-refractivity contribution >= 4 is 27.8 Å². The fourth-order valence-corrected chi connectivity index (χ4v) is 3.36. The molecule has 0 amide bonds. The van der Waals surface area contributed by atoms with E-state index in [0.717, 1.165) is 18.1 Å². The number of ketones is 1. The first kappa shape index (κ1) is 14.1. The molecule has 6 heteroatoms. The monoisotopic (exact) mass is 284 g/mol. The molecule has 2 N–H and O–H groups in total. The second-order valence-electron chi connectivity index (χ2n) is 4.80. The van der Waals surface area contributed by atoms with E-state index in [9.17, 15) is 4.79 Å². The van der Waals surface area contributed by atoms with E-state index in [1.54, 1.807) is 7.11 Å². The molecule has 0 spiro atoms. The molecule has 0 aliphatic carbocycles. The van der Waals surface area contributed by atoms with Crippen LogP contribution in [0, 0.1) is 5.92 Å². The minimum absolute atomic E-state index is 0.0665. The van der Waals surface area contributed by atoms with Crippen molar-refractivity contribution in [1.29, 1.82) is 0 Å². The second kappa shape index (κ2) is 5.79. The first-order valence-corrected chi connectivity index (χ1v) is 7.21. The van der Waals surface area contributed by atoms with E-state index >= 15 is 0 Å². The van der Waals surface area contributed by atoms with Crippen LogP contribution in [0.5, 0.6) is 5.75 Å². The van der Waals surface area contributed by atoms with Crippen molar-refractivity contribution < 1.29 is 14.3 Å². The van der Waals surface area contributed by atoms with E-state index < -0.39 is 0 Å². The third-order valence-electron chi connectivity index (χ3n) is 3.13. The number of thiophene rings is 1. The van der Waals surface area contributed by atoms with E-state index in [4.69, 9.17) is 15.2 Å². The lowest BCUT2D eigenvalue weighted by Gasteiger charge is -2.27. The zero-order chi connectivity index (χ0) is 14.0. The SMILES string of the molecule is COc1c(N2CCOCC2)sc(C(=O)C(C)C)c1N. The van der Waals surface area contributed by atoms with Crippen LogP contribution in [0.25, 0.3) is 0 Å². The minimum Gasteiger partial charge on any atom is -0.492 e. The Bertz CT molecular complexity index is 465. The normalized spacial score (nSPS) is 15.9. The molecule has 19 heavy (non-hydrogen) atoms. The first-order chi connectivity index (χ1) is 9.06. The van der Waals surface area contributed by atoms with E-state index in [0.29, 0.717) is 29.5 Å². The van der Waals surface area contributed by atoms with Gasteiger partial charge in [0.05, 0.1) is 30.9 Å². The van der Waals surface area contributed by atoms with E-state index in [1.165, 1.54) is 11.3 Å². The van der Waals surface area contributed by atoms with Crippen LogP contribution < -0.4 is 15.4 Å². The van der Waals surface area contributed by atoms with Gasteiger partial charge in [0.1, 0.15) is 5.00 Å². The molecule has 2 rings (SSSR count). The molecule has 1 saturated heterocycles. The van der Waals surface area contributed by atoms with Crippen LogP contribution in [0.3, 0.4) is 0 Å². The van der Waals surface area contributed by atoms with Crippen LogP contribution in [-0.4, -0.2) is 39.2 Å². The summed E-state index contributed by atoms with van der Waals surface area (Å²) in [5, 5.41) is 0.937. The molecule has 0 bridgehead atoms. The van der Waals surface area contributed by atoms with Crippen LogP contribution >= 0.6 is 11.3 Å². The van der Waals surface area contributed by atoms with Crippen molar-refractivity contribution in [2.75, 3.05) is 44.0 Å². The van der Waals surface area contributed by atoms with Gasteiger partial charge in [-0.1, -0.05) is 13.8 Å². The zero-order valence-corrected chi connectivity index (χ0v) is 12.4. The van der Waals surface area contributed by atoms with Crippen molar-refractivity contribution in [1.82, 2.24) is 0 Å². The second-order valence-corrected chi connectivity index (χ2v) is 5.80. The summed E-state index contributed by atoms with van der Waals surface area (Å²) in [6.07, 6.45) is 0. The Hall–Kier alpha value is -1.27. The average molecular weight is 284 g/mol. The van der Waals surface area contributed by atoms with Crippen LogP contribution in [0.15, 0.2) is 0 Å². The summed E-state index contributed by atoms with van der Waals surface area (Å²) in [7, 11) is 1.59. The summed E-state index contributed by atoms with van der Waals surface area (Å²) >= 11 is 1.42. The number of carbonyl (C=O) groups excluding carboxylic acids is 1. The number of nitrogen functional groups attached to an aromatic ring is 1. The number of rotatable bonds is 4. The summed E-state index contributed by atoms with van der Waals surface area (Å²) in [4.78, 5) is 14.9. The number of morpholine rings is 1.